The van der Waals surface area contributed by atoms with Gasteiger partial charge in [0.05, 0.1) is 6.20 Å². The van der Waals surface area contributed by atoms with E-state index in [1.165, 1.54) is 6.20 Å². The van der Waals surface area contributed by atoms with Gasteiger partial charge in [-0.05, 0) is 30.7 Å². The van der Waals surface area contributed by atoms with Crippen molar-refractivity contribution in [3.8, 4) is 6.07 Å². The van der Waals surface area contributed by atoms with E-state index in [0.717, 1.165) is 10.0 Å². The van der Waals surface area contributed by atoms with E-state index in [9.17, 15) is 4.79 Å². The summed E-state index contributed by atoms with van der Waals surface area (Å²) in [5.74, 6) is 0.0329. The van der Waals surface area contributed by atoms with Crippen LogP contribution in [0.3, 0.4) is 0 Å². The molecule has 2 aromatic rings. The second kappa shape index (κ2) is 5.02. The number of nitrogens with zero attached hydrogens (tertiary/aromatic N) is 2. The van der Waals surface area contributed by atoms with Crippen LogP contribution in [0.5, 0.6) is 0 Å². The van der Waals surface area contributed by atoms with Crippen LogP contribution in [0.2, 0.25) is 0 Å². The van der Waals surface area contributed by atoms with E-state index < -0.39 is 0 Å². The van der Waals surface area contributed by atoms with Crippen molar-refractivity contribution in [3.63, 3.8) is 0 Å². The van der Waals surface area contributed by atoms with E-state index in [1.807, 2.05) is 19.1 Å². The number of nitrogens with one attached hydrogen (secondary N) is 2. The molecule has 2 N–H and O–H groups in total. The average Bonchev–Trinajstić information content (AvgIpc) is 2.76. The quantitative estimate of drug-likeness (QED) is 0.894. The fourth-order valence-corrected chi connectivity index (χ4v) is 2.00. The zero-order valence-corrected chi connectivity index (χ0v) is 11.1. The summed E-state index contributed by atoms with van der Waals surface area (Å²) in [6.45, 7) is 1.85. The van der Waals surface area contributed by atoms with Gasteiger partial charge in [-0.3, -0.25) is 9.89 Å². The summed E-state index contributed by atoms with van der Waals surface area (Å²) in [4.78, 5) is 12.0. The molecule has 0 spiro atoms. The van der Waals surface area contributed by atoms with Gasteiger partial charge in [-0.25, -0.2) is 0 Å². The Bertz CT molecular complexity index is 642. The number of aromatic amines is 1. The predicted octanol–water partition coefficient (Wildman–Crippen LogP) is 2.60. The number of amides is 1. The van der Waals surface area contributed by atoms with Crippen LogP contribution in [0.4, 0.5) is 5.82 Å². The van der Waals surface area contributed by atoms with Crippen molar-refractivity contribution in [2.45, 2.75) is 6.92 Å². The van der Waals surface area contributed by atoms with Gasteiger partial charge < -0.3 is 5.32 Å². The Morgan fingerprint density at radius 1 is 1.56 bits per heavy atom. The van der Waals surface area contributed by atoms with Crippen LogP contribution in [0.1, 0.15) is 21.5 Å². The number of rotatable bonds is 2. The summed E-state index contributed by atoms with van der Waals surface area (Å²) < 4.78 is 0.913. The van der Waals surface area contributed by atoms with Crippen LogP contribution in [-0.4, -0.2) is 16.1 Å². The predicted molar refractivity (Wildman–Crippen MR) is 70.1 cm³/mol. The van der Waals surface area contributed by atoms with Gasteiger partial charge in [0.2, 0.25) is 0 Å². The fraction of sp³-hybridized carbons (Fsp3) is 0.0833. The number of halogens is 1. The zero-order chi connectivity index (χ0) is 13.1. The molecule has 0 radical (unpaired) electrons. The maximum absolute atomic E-state index is 12.0. The Kier molecular flexibility index (Phi) is 3.44. The first kappa shape index (κ1) is 12.3. The number of hydrogen-bond acceptors (Lipinski definition) is 3. The van der Waals surface area contributed by atoms with Crippen molar-refractivity contribution < 1.29 is 4.79 Å². The first-order valence-corrected chi connectivity index (χ1v) is 5.92. The van der Waals surface area contributed by atoms with Crippen molar-refractivity contribution >= 4 is 27.7 Å². The van der Waals surface area contributed by atoms with Crippen molar-refractivity contribution in [2.75, 3.05) is 5.32 Å². The van der Waals surface area contributed by atoms with Crippen molar-refractivity contribution in [2.24, 2.45) is 0 Å². The molecule has 0 aliphatic heterocycles. The third-order valence-corrected chi connectivity index (χ3v) is 2.92. The van der Waals surface area contributed by atoms with E-state index in [2.05, 4.69) is 31.4 Å². The van der Waals surface area contributed by atoms with Gasteiger partial charge in [-0.2, -0.15) is 10.4 Å². The number of aromatic nitrogens is 2. The Balaban J connectivity index is 2.25. The molecule has 0 aliphatic carbocycles. The van der Waals surface area contributed by atoms with Crippen LogP contribution in [0.25, 0.3) is 0 Å². The summed E-state index contributed by atoms with van der Waals surface area (Å²) in [5, 5.41) is 17.7. The Labute approximate surface area is 112 Å². The minimum atomic E-state index is -0.277. The van der Waals surface area contributed by atoms with Crippen LogP contribution < -0.4 is 5.32 Å². The molecule has 18 heavy (non-hydrogen) atoms. The van der Waals surface area contributed by atoms with E-state index in [4.69, 9.17) is 5.26 Å². The van der Waals surface area contributed by atoms with E-state index >= 15 is 0 Å². The molecule has 0 atom stereocenters. The molecule has 90 valence electrons. The van der Waals surface area contributed by atoms with Crippen molar-refractivity contribution in [3.05, 3.63) is 45.6 Å². The summed E-state index contributed by atoms with van der Waals surface area (Å²) in [5.41, 5.74) is 1.70. The first-order valence-electron chi connectivity index (χ1n) is 5.13. The highest BCUT2D eigenvalue weighted by Crippen LogP contribution is 2.17. The van der Waals surface area contributed by atoms with Gasteiger partial charge in [-0.1, -0.05) is 15.9 Å². The standard InChI is InChI=1S/C12H9BrN4O/c1-7-4-9(13)2-3-10(7)12(18)16-11-8(5-14)6-15-17-11/h2-4,6H,1H3,(H2,15,16,17,18). The summed E-state index contributed by atoms with van der Waals surface area (Å²) in [7, 11) is 0. The lowest BCUT2D eigenvalue weighted by Crippen LogP contribution is -2.14. The van der Waals surface area contributed by atoms with Crippen molar-refractivity contribution in [1.29, 1.82) is 5.26 Å². The fourth-order valence-electron chi connectivity index (χ4n) is 1.53. The first-order chi connectivity index (χ1) is 8.61. The number of benzene rings is 1. The Morgan fingerprint density at radius 3 is 3.00 bits per heavy atom. The molecule has 0 saturated carbocycles. The Hall–Kier alpha value is -2.13. The number of anilines is 1. The highest BCUT2D eigenvalue weighted by molar-refractivity contribution is 9.10. The number of hydrogen-bond donors (Lipinski definition) is 2. The lowest BCUT2D eigenvalue weighted by atomic mass is 10.1. The number of nitriles is 1. The third-order valence-electron chi connectivity index (χ3n) is 2.43. The smallest absolute Gasteiger partial charge is 0.257 e. The SMILES string of the molecule is Cc1cc(Br)ccc1C(=O)Nc1[nH]ncc1C#N. The summed E-state index contributed by atoms with van der Waals surface area (Å²) in [6.07, 6.45) is 1.37. The van der Waals surface area contributed by atoms with Crippen LogP contribution in [-0.2, 0) is 0 Å². The van der Waals surface area contributed by atoms with Gasteiger partial charge in [0.25, 0.3) is 5.91 Å². The molecule has 1 aromatic heterocycles. The molecular formula is C12H9BrN4O. The topological polar surface area (TPSA) is 81.6 Å². The van der Waals surface area contributed by atoms with E-state index in [-0.39, 0.29) is 5.91 Å². The second-order valence-electron chi connectivity index (χ2n) is 3.68. The third kappa shape index (κ3) is 2.41. The molecule has 0 bridgehead atoms. The molecule has 2 rings (SSSR count). The molecular weight excluding hydrogens is 296 g/mol. The molecule has 6 heteroatoms. The molecule has 0 saturated heterocycles. The number of carbonyl (C=O) groups excluding carboxylic acids is 1. The molecule has 0 aliphatic rings. The van der Waals surface area contributed by atoms with Gasteiger partial charge in [-0.15, -0.1) is 0 Å². The second-order valence-corrected chi connectivity index (χ2v) is 4.60. The summed E-state index contributed by atoms with van der Waals surface area (Å²) >= 11 is 3.34. The van der Waals surface area contributed by atoms with Crippen LogP contribution in [0.15, 0.2) is 28.9 Å². The lowest BCUT2D eigenvalue weighted by molar-refractivity contribution is 0.102. The van der Waals surface area contributed by atoms with Crippen LogP contribution >= 0.6 is 15.9 Å². The molecule has 1 aromatic carbocycles. The minimum absolute atomic E-state index is 0.277. The zero-order valence-electron chi connectivity index (χ0n) is 9.49. The number of aryl methyl sites for hydroxylation is 1. The van der Waals surface area contributed by atoms with Gasteiger partial charge in [0.1, 0.15) is 17.5 Å². The average molecular weight is 305 g/mol. The molecule has 0 fully saturated rings. The monoisotopic (exact) mass is 304 g/mol. The highest BCUT2D eigenvalue weighted by Gasteiger charge is 2.12. The van der Waals surface area contributed by atoms with Gasteiger partial charge >= 0.3 is 0 Å². The highest BCUT2D eigenvalue weighted by atomic mass is 79.9. The molecule has 1 heterocycles. The van der Waals surface area contributed by atoms with E-state index in [1.54, 1.807) is 12.1 Å². The number of carbonyl (C=O) groups is 1. The molecule has 1 amide bonds. The van der Waals surface area contributed by atoms with Gasteiger partial charge in [0.15, 0.2) is 0 Å². The largest absolute Gasteiger partial charge is 0.306 e. The maximum Gasteiger partial charge on any atom is 0.257 e. The van der Waals surface area contributed by atoms with E-state index in [0.29, 0.717) is 16.9 Å². The van der Waals surface area contributed by atoms with Crippen molar-refractivity contribution in [1.82, 2.24) is 10.2 Å². The normalized spacial score (nSPS) is 9.83. The molecule has 5 nitrogen and oxygen atoms in total. The number of H-pyrrole nitrogens is 1. The maximum atomic E-state index is 12.0. The summed E-state index contributed by atoms with van der Waals surface area (Å²) in [6, 6.07) is 7.31. The lowest BCUT2D eigenvalue weighted by Gasteiger charge is -2.06. The molecule has 0 unspecified atom stereocenters. The minimum Gasteiger partial charge on any atom is -0.306 e. The Morgan fingerprint density at radius 2 is 2.33 bits per heavy atom. The van der Waals surface area contributed by atoms with Gasteiger partial charge in [0, 0.05) is 10.0 Å². The van der Waals surface area contributed by atoms with Crippen LogP contribution in [0, 0.1) is 18.3 Å².